The average molecular weight is 349 g/mol. The van der Waals surface area contributed by atoms with E-state index < -0.39 is 0 Å². The van der Waals surface area contributed by atoms with Gasteiger partial charge in [-0.3, -0.25) is 4.79 Å². The summed E-state index contributed by atoms with van der Waals surface area (Å²) in [6.07, 6.45) is 0. The number of amides is 1. The van der Waals surface area contributed by atoms with Crippen molar-refractivity contribution in [1.82, 2.24) is 14.8 Å². The Balaban J connectivity index is 1.79. The van der Waals surface area contributed by atoms with Gasteiger partial charge < -0.3 is 14.8 Å². The summed E-state index contributed by atoms with van der Waals surface area (Å²) in [4.78, 5) is 14.9. The van der Waals surface area contributed by atoms with Crippen LogP contribution in [0.4, 0.5) is 0 Å². The minimum Gasteiger partial charge on any atom is -0.353 e. The molecule has 0 aliphatic rings. The summed E-state index contributed by atoms with van der Waals surface area (Å²) >= 11 is 0. The van der Waals surface area contributed by atoms with E-state index in [2.05, 4.69) is 59.0 Å². The number of rotatable bonds is 8. The quantitative estimate of drug-likeness (QED) is 0.672. The molecule has 0 radical (unpaired) electrons. The second-order valence-electron chi connectivity index (χ2n) is 6.42. The minimum atomic E-state index is 0.0516. The fourth-order valence-electron chi connectivity index (χ4n) is 3.32. The molecule has 0 aliphatic heterocycles. The van der Waals surface area contributed by atoms with Crippen LogP contribution in [0.5, 0.6) is 0 Å². The van der Waals surface area contributed by atoms with Crippen molar-refractivity contribution in [3.63, 3.8) is 0 Å². The molecular weight excluding hydrogens is 322 g/mol. The van der Waals surface area contributed by atoms with E-state index in [0.717, 1.165) is 41.8 Å². The van der Waals surface area contributed by atoms with Crippen LogP contribution in [-0.4, -0.2) is 41.6 Å². The molecule has 1 heterocycles. The smallest absolute Gasteiger partial charge is 0.240 e. The summed E-state index contributed by atoms with van der Waals surface area (Å²) in [5.41, 5.74) is 3.29. The summed E-state index contributed by atoms with van der Waals surface area (Å²) in [5, 5.41) is 4.22. The second-order valence-corrected chi connectivity index (χ2v) is 6.42. The van der Waals surface area contributed by atoms with Gasteiger partial charge in [-0.05, 0) is 30.8 Å². The molecule has 2 aromatic carbocycles. The number of hydrogen-bond donors (Lipinski definition) is 1. The molecule has 0 saturated carbocycles. The van der Waals surface area contributed by atoms with Gasteiger partial charge in [0.15, 0.2) is 0 Å². The zero-order valence-electron chi connectivity index (χ0n) is 15.6. The van der Waals surface area contributed by atoms with Crippen LogP contribution in [0.1, 0.15) is 13.8 Å². The van der Waals surface area contributed by atoms with Gasteiger partial charge in [-0.15, -0.1) is 0 Å². The lowest BCUT2D eigenvalue weighted by Gasteiger charge is -2.18. The summed E-state index contributed by atoms with van der Waals surface area (Å²) in [6, 6.07) is 20.6. The number of hydrogen-bond acceptors (Lipinski definition) is 2. The molecule has 3 rings (SSSR count). The van der Waals surface area contributed by atoms with E-state index in [1.807, 2.05) is 30.3 Å². The Hall–Kier alpha value is -2.59. The van der Waals surface area contributed by atoms with Crippen LogP contribution in [0.2, 0.25) is 0 Å². The molecule has 0 fully saturated rings. The van der Waals surface area contributed by atoms with Crippen LogP contribution >= 0.6 is 0 Å². The summed E-state index contributed by atoms with van der Waals surface area (Å²) in [6.45, 7) is 8.19. The fourth-order valence-corrected chi connectivity index (χ4v) is 3.32. The molecule has 26 heavy (non-hydrogen) atoms. The Kier molecular flexibility index (Phi) is 6.08. The van der Waals surface area contributed by atoms with Gasteiger partial charge in [0.25, 0.3) is 0 Å². The van der Waals surface area contributed by atoms with Gasteiger partial charge in [-0.2, -0.15) is 0 Å². The highest BCUT2D eigenvalue weighted by Crippen LogP contribution is 2.28. The van der Waals surface area contributed by atoms with Gasteiger partial charge in [0.2, 0.25) is 5.91 Å². The third kappa shape index (κ3) is 4.14. The largest absolute Gasteiger partial charge is 0.353 e. The molecular formula is C22H27N3O. The van der Waals surface area contributed by atoms with Crippen LogP contribution in [0.15, 0.2) is 60.7 Å². The number of nitrogens with zero attached hydrogens (tertiary/aromatic N) is 2. The summed E-state index contributed by atoms with van der Waals surface area (Å²) in [5.74, 6) is 0.0516. The standard InChI is InChI=1S/C22H27N3O/c1-3-24(4-2)15-14-23-22(26)17-25-20-13-9-8-12-19(20)16-21(25)18-10-6-5-7-11-18/h5-13,16H,3-4,14-15,17H2,1-2H3,(H,23,26). The van der Waals surface area contributed by atoms with E-state index in [-0.39, 0.29) is 5.91 Å². The number of fused-ring (bicyclic) bond motifs is 1. The highest BCUT2D eigenvalue weighted by molar-refractivity contribution is 5.89. The van der Waals surface area contributed by atoms with Crippen molar-refractivity contribution in [2.75, 3.05) is 26.2 Å². The Labute approximate surface area is 155 Å². The van der Waals surface area contributed by atoms with E-state index in [9.17, 15) is 4.79 Å². The molecule has 4 nitrogen and oxygen atoms in total. The van der Waals surface area contributed by atoms with Crippen molar-refractivity contribution in [2.24, 2.45) is 0 Å². The number of benzene rings is 2. The zero-order chi connectivity index (χ0) is 18.4. The van der Waals surface area contributed by atoms with Crippen LogP contribution < -0.4 is 5.32 Å². The number of aromatic nitrogens is 1. The Morgan fingerprint density at radius 1 is 1.00 bits per heavy atom. The number of nitrogens with one attached hydrogen (secondary N) is 1. The molecule has 0 aliphatic carbocycles. The third-order valence-electron chi connectivity index (χ3n) is 4.83. The highest BCUT2D eigenvalue weighted by atomic mass is 16.1. The number of carbonyl (C=O) groups excluding carboxylic acids is 1. The highest BCUT2D eigenvalue weighted by Gasteiger charge is 2.13. The summed E-state index contributed by atoms with van der Waals surface area (Å²) in [7, 11) is 0. The molecule has 1 N–H and O–H groups in total. The predicted octanol–water partition coefficient (Wildman–Crippen LogP) is 3.77. The summed E-state index contributed by atoms with van der Waals surface area (Å²) < 4.78 is 2.11. The van der Waals surface area contributed by atoms with Crippen molar-refractivity contribution in [3.8, 4) is 11.3 Å². The molecule has 136 valence electrons. The van der Waals surface area contributed by atoms with Gasteiger partial charge in [0, 0.05) is 29.7 Å². The first-order valence-electron chi connectivity index (χ1n) is 9.35. The second kappa shape index (κ2) is 8.68. The van der Waals surface area contributed by atoms with Crippen LogP contribution in [0.3, 0.4) is 0 Å². The van der Waals surface area contributed by atoms with Gasteiger partial charge in [-0.25, -0.2) is 0 Å². The van der Waals surface area contributed by atoms with Gasteiger partial charge in [-0.1, -0.05) is 62.4 Å². The van der Waals surface area contributed by atoms with E-state index in [4.69, 9.17) is 0 Å². The molecule has 0 atom stereocenters. The van der Waals surface area contributed by atoms with Crippen molar-refractivity contribution in [3.05, 3.63) is 60.7 Å². The Bertz CT molecular complexity index is 850. The van der Waals surface area contributed by atoms with Gasteiger partial charge in [0.1, 0.15) is 6.54 Å². The van der Waals surface area contributed by atoms with Gasteiger partial charge >= 0.3 is 0 Å². The monoisotopic (exact) mass is 349 g/mol. The van der Waals surface area contributed by atoms with Crippen molar-refractivity contribution < 1.29 is 4.79 Å². The van der Waals surface area contributed by atoms with E-state index in [1.54, 1.807) is 0 Å². The maximum absolute atomic E-state index is 12.5. The van der Waals surface area contributed by atoms with E-state index in [0.29, 0.717) is 13.1 Å². The molecule has 4 heteroatoms. The molecule has 0 unspecified atom stereocenters. The first-order valence-corrected chi connectivity index (χ1v) is 9.35. The maximum atomic E-state index is 12.5. The maximum Gasteiger partial charge on any atom is 0.240 e. The van der Waals surface area contributed by atoms with E-state index in [1.165, 1.54) is 0 Å². The molecule has 1 amide bonds. The van der Waals surface area contributed by atoms with Crippen LogP contribution in [-0.2, 0) is 11.3 Å². The van der Waals surface area contributed by atoms with Crippen molar-refractivity contribution >= 4 is 16.8 Å². The fraction of sp³-hybridized carbons (Fsp3) is 0.318. The lowest BCUT2D eigenvalue weighted by molar-refractivity contribution is -0.121. The number of para-hydroxylation sites is 1. The lowest BCUT2D eigenvalue weighted by atomic mass is 10.1. The van der Waals surface area contributed by atoms with Crippen molar-refractivity contribution in [1.29, 1.82) is 0 Å². The molecule has 0 saturated heterocycles. The average Bonchev–Trinajstić information content (AvgIpc) is 3.04. The first-order chi connectivity index (χ1) is 12.7. The Morgan fingerprint density at radius 3 is 2.42 bits per heavy atom. The molecule has 0 bridgehead atoms. The Morgan fingerprint density at radius 2 is 1.69 bits per heavy atom. The normalized spacial score (nSPS) is 11.2. The lowest BCUT2D eigenvalue weighted by Crippen LogP contribution is -2.36. The number of carbonyl (C=O) groups is 1. The zero-order valence-corrected chi connectivity index (χ0v) is 15.6. The minimum absolute atomic E-state index is 0.0516. The third-order valence-corrected chi connectivity index (χ3v) is 4.83. The molecule has 1 aromatic heterocycles. The number of likely N-dealkylation sites (N-methyl/N-ethyl adjacent to an activating group) is 1. The van der Waals surface area contributed by atoms with Gasteiger partial charge in [0.05, 0.1) is 0 Å². The topological polar surface area (TPSA) is 37.3 Å². The predicted molar refractivity (Wildman–Crippen MR) is 108 cm³/mol. The van der Waals surface area contributed by atoms with E-state index >= 15 is 0 Å². The van der Waals surface area contributed by atoms with Crippen molar-refractivity contribution in [2.45, 2.75) is 20.4 Å². The van der Waals surface area contributed by atoms with Crippen LogP contribution in [0.25, 0.3) is 22.2 Å². The SMILES string of the molecule is CCN(CC)CCNC(=O)Cn1c(-c2ccccc2)cc2ccccc21. The molecule has 3 aromatic rings. The first kappa shape index (κ1) is 18.2. The van der Waals surface area contributed by atoms with Crippen LogP contribution in [0, 0.1) is 0 Å². The molecule has 0 spiro atoms.